The van der Waals surface area contributed by atoms with Crippen molar-refractivity contribution >= 4 is 5.91 Å². The molecule has 14 heavy (non-hydrogen) atoms. The van der Waals surface area contributed by atoms with Gasteiger partial charge in [-0.15, -0.1) is 0 Å². The minimum atomic E-state index is 0.298. The fourth-order valence-electron chi connectivity index (χ4n) is 1.97. The second-order valence-corrected chi connectivity index (χ2v) is 4.35. The van der Waals surface area contributed by atoms with Crippen LogP contribution in [0.2, 0.25) is 0 Å². The van der Waals surface area contributed by atoms with Gasteiger partial charge in [0.15, 0.2) is 0 Å². The summed E-state index contributed by atoms with van der Waals surface area (Å²) < 4.78 is 0. The summed E-state index contributed by atoms with van der Waals surface area (Å²) in [6, 6.07) is 0.352. The molecule has 2 heterocycles. The van der Waals surface area contributed by atoms with E-state index in [1.54, 1.807) is 0 Å². The number of piperidine rings is 1. The fraction of sp³-hybridized carbons (Fsp3) is 0.900. The quantitative estimate of drug-likeness (QED) is 0.658. The SMILES string of the molecule is NC1CCN(CC(=O)N2CCC2)CC1. The number of hydrogen-bond donors (Lipinski definition) is 1. The van der Waals surface area contributed by atoms with Gasteiger partial charge < -0.3 is 10.6 Å². The average molecular weight is 197 g/mol. The van der Waals surface area contributed by atoms with Crippen molar-refractivity contribution in [3.8, 4) is 0 Å². The summed E-state index contributed by atoms with van der Waals surface area (Å²) in [5, 5.41) is 0. The number of hydrogen-bond acceptors (Lipinski definition) is 3. The topological polar surface area (TPSA) is 49.6 Å². The maximum atomic E-state index is 11.6. The lowest BCUT2D eigenvalue weighted by Crippen LogP contribution is -2.49. The zero-order valence-electron chi connectivity index (χ0n) is 8.61. The first-order chi connectivity index (χ1) is 6.75. The molecule has 0 aliphatic carbocycles. The largest absolute Gasteiger partial charge is 0.341 e. The Morgan fingerprint density at radius 2 is 1.86 bits per heavy atom. The predicted molar refractivity (Wildman–Crippen MR) is 54.8 cm³/mol. The van der Waals surface area contributed by atoms with Crippen LogP contribution in [0.4, 0.5) is 0 Å². The van der Waals surface area contributed by atoms with E-state index in [1.807, 2.05) is 4.90 Å². The molecule has 0 atom stereocenters. The van der Waals surface area contributed by atoms with E-state index in [0.717, 1.165) is 39.0 Å². The van der Waals surface area contributed by atoms with Crippen LogP contribution in [0.25, 0.3) is 0 Å². The molecule has 2 aliphatic rings. The monoisotopic (exact) mass is 197 g/mol. The van der Waals surface area contributed by atoms with Gasteiger partial charge in [0.05, 0.1) is 6.54 Å². The molecular formula is C10H19N3O. The van der Waals surface area contributed by atoms with Crippen molar-refractivity contribution in [2.75, 3.05) is 32.7 Å². The van der Waals surface area contributed by atoms with Gasteiger partial charge in [-0.25, -0.2) is 0 Å². The first kappa shape index (κ1) is 9.93. The van der Waals surface area contributed by atoms with Crippen LogP contribution in [-0.2, 0) is 4.79 Å². The number of carbonyl (C=O) groups excluding carboxylic acids is 1. The summed E-state index contributed by atoms with van der Waals surface area (Å²) in [6.45, 7) is 4.51. The van der Waals surface area contributed by atoms with Gasteiger partial charge in [0.25, 0.3) is 0 Å². The summed E-state index contributed by atoms with van der Waals surface area (Å²) in [5.74, 6) is 0.298. The molecule has 4 heteroatoms. The molecule has 4 nitrogen and oxygen atoms in total. The van der Waals surface area contributed by atoms with Crippen molar-refractivity contribution in [2.24, 2.45) is 5.73 Å². The lowest BCUT2D eigenvalue weighted by Gasteiger charge is -2.35. The van der Waals surface area contributed by atoms with Gasteiger partial charge in [0, 0.05) is 32.2 Å². The summed E-state index contributed by atoms with van der Waals surface area (Å²) in [6.07, 6.45) is 3.25. The smallest absolute Gasteiger partial charge is 0.236 e. The first-order valence-electron chi connectivity index (χ1n) is 5.51. The Kier molecular flexibility index (Phi) is 3.03. The Morgan fingerprint density at radius 1 is 1.21 bits per heavy atom. The third-order valence-corrected chi connectivity index (χ3v) is 3.20. The Balaban J connectivity index is 1.71. The minimum absolute atomic E-state index is 0.298. The molecule has 2 saturated heterocycles. The van der Waals surface area contributed by atoms with Crippen LogP contribution in [0.15, 0.2) is 0 Å². The van der Waals surface area contributed by atoms with Gasteiger partial charge in [-0.1, -0.05) is 0 Å². The molecule has 0 aromatic rings. The predicted octanol–water partition coefficient (Wildman–Crippen LogP) is -0.358. The average Bonchev–Trinajstić information content (AvgIpc) is 2.06. The lowest BCUT2D eigenvalue weighted by molar-refractivity contribution is -0.136. The molecule has 2 rings (SSSR count). The molecule has 1 amide bonds. The van der Waals surface area contributed by atoms with Gasteiger partial charge in [0.2, 0.25) is 5.91 Å². The number of carbonyl (C=O) groups is 1. The van der Waals surface area contributed by atoms with E-state index in [1.165, 1.54) is 6.42 Å². The highest BCUT2D eigenvalue weighted by atomic mass is 16.2. The number of nitrogens with two attached hydrogens (primary N) is 1. The molecule has 0 spiro atoms. The third kappa shape index (κ3) is 2.25. The van der Waals surface area contributed by atoms with Crippen LogP contribution in [0.3, 0.4) is 0 Å². The summed E-state index contributed by atoms with van der Waals surface area (Å²) in [4.78, 5) is 15.8. The van der Waals surface area contributed by atoms with E-state index >= 15 is 0 Å². The molecule has 0 aromatic heterocycles. The van der Waals surface area contributed by atoms with Gasteiger partial charge in [0.1, 0.15) is 0 Å². The van der Waals surface area contributed by atoms with Crippen molar-refractivity contribution in [1.29, 1.82) is 0 Å². The van der Waals surface area contributed by atoms with E-state index in [9.17, 15) is 4.79 Å². The first-order valence-corrected chi connectivity index (χ1v) is 5.51. The van der Waals surface area contributed by atoms with Gasteiger partial charge in [-0.3, -0.25) is 9.69 Å². The van der Waals surface area contributed by atoms with Crippen molar-refractivity contribution in [3.63, 3.8) is 0 Å². The normalized spacial score (nSPS) is 24.8. The summed E-state index contributed by atoms with van der Waals surface area (Å²) in [5.41, 5.74) is 5.80. The maximum Gasteiger partial charge on any atom is 0.236 e. The molecule has 80 valence electrons. The third-order valence-electron chi connectivity index (χ3n) is 3.20. The summed E-state index contributed by atoms with van der Waals surface area (Å²) in [7, 11) is 0. The number of nitrogens with zero attached hydrogens (tertiary/aromatic N) is 2. The second kappa shape index (κ2) is 4.28. The molecule has 2 aliphatic heterocycles. The highest BCUT2D eigenvalue weighted by Gasteiger charge is 2.24. The van der Waals surface area contributed by atoms with E-state index in [2.05, 4.69) is 4.90 Å². The Morgan fingerprint density at radius 3 is 2.36 bits per heavy atom. The maximum absolute atomic E-state index is 11.6. The molecule has 2 fully saturated rings. The van der Waals surface area contributed by atoms with Gasteiger partial charge in [-0.2, -0.15) is 0 Å². The van der Waals surface area contributed by atoms with Crippen LogP contribution < -0.4 is 5.73 Å². The fourth-order valence-corrected chi connectivity index (χ4v) is 1.97. The number of likely N-dealkylation sites (tertiary alicyclic amines) is 2. The molecule has 2 N–H and O–H groups in total. The minimum Gasteiger partial charge on any atom is -0.341 e. The Hall–Kier alpha value is -0.610. The zero-order valence-corrected chi connectivity index (χ0v) is 8.61. The van der Waals surface area contributed by atoms with Crippen LogP contribution in [0, 0.1) is 0 Å². The molecule has 0 radical (unpaired) electrons. The van der Waals surface area contributed by atoms with Crippen LogP contribution in [0.1, 0.15) is 19.3 Å². The van der Waals surface area contributed by atoms with Crippen molar-refractivity contribution in [1.82, 2.24) is 9.80 Å². The molecule has 0 saturated carbocycles. The van der Waals surface area contributed by atoms with Crippen LogP contribution >= 0.6 is 0 Å². The van der Waals surface area contributed by atoms with E-state index < -0.39 is 0 Å². The van der Waals surface area contributed by atoms with E-state index in [0.29, 0.717) is 18.5 Å². The Bertz CT molecular complexity index is 207. The van der Waals surface area contributed by atoms with Gasteiger partial charge in [-0.05, 0) is 19.3 Å². The molecule has 0 unspecified atom stereocenters. The zero-order chi connectivity index (χ0) is 9.97. The van der Waals surface area contributed by atoms with Gasteiger partial charge >= 0.3 is 0 Å². The Labute approximate surface area is 85.0 Å². The molecular weight excluding hydrogens is 178 g/mol. The van der Waals surface area contributed by atoms with E-state index in [4.69, 9.17) is 5.73 Å². The van der Waals surface area contributed by atoms with Crippen LogP contribution in [-0.4, -0.2) is 54.5 Å². The summed E-state index contributed by atoms with van der Waals surface area (Å²) >= 11 is 0. The standard InChI is InChI=1S/C10H19N3O/c11-9-2-6-12(7-3-9)8-10(14)13-4-1-5-13/h9H,1-8,11H2. The van der Waals surface area contributed by atoms with Crippen molar-refractivity contribution in [3.05, 3.63) is 0 Å². The van der Waals surface area contributed by atoms with E-state index in [-0.39, 0.29) is 0 Å². The van der Waals surface area contributed by atoms with Crippen molar-refractivity contribution < 1.29 is 4.79 Å². The van der Waals surface area contributed by atoms with Crippen molar-refractivity contribution in [2.45, 2.75) is 25.3 Å². The highest BCUT2D eigenvalue weighted by Crippen LogP contribution is 2.10. The number of amides is 1. The lowest BCUT2D eigenvalue weighted by atomic mass is 10.1. The van der Waals surface area contributed by atoms with Crippen LogP contribution in [0.5, 0.6) is 0 Å². The molecule has 0 aromatic carbocycles. The number of rotatable bonds is 2. The highest BCUT2D eigenvalue weighted by molar-refractivity contribution is 5.78. The molecule has 0 bridgehead atoms. The second-order valence-electron chi connectivity index (χ2n) is 4.35.